The Bertz CT molecular complexity index is 270. The molecule has 1 aliphatic heterocycles. The molecule has 1 heterocycles. The monoisotopic (exact) mass is 235 g/mol. The molecule has 2 N–H and O–H groups in total. The molecule has 0 spiro atoms. The Morgan fingerprint density at radius 3 is 2.53 bits per heavy atom. The van der Waals surface area contributed by atoms with Crippen molar-refractivity contribution in [2.24, 2.45) is 5.92 Å². The molecule has 1 atom stereocenters. The quantitative estimate of drug-likeness (QED) is 0.713. The minimum Gasteiger partial charge on any atom is -0.393 e. The van der Waals surface area contributed by atoms with E-state index in [0.717, 1.165) is 25.9 Å². The second-order valence-electron chi connectivity index (χ2n) is 4.43. The van der Waals surface area contributed by atoms with Crippen LogP contribution in [0.4, 0.5) is 0 Å². The van der Waals surface area contributed by atoms with Gasteiger partial charge in [0.1, 0.15) is 9.84 Å². The first-order chi connectivity index (χ1) is 6.99. The van der Waals surface area contributed by atoms with Crippen LogP contribution in [-0.2, 0) is 9.84 Å². The van der Waals surface area contributed by atoms with Gasteiger partial charge in [-0.05, 0) is 44.7 Å². The molecule has 0 aromatic heterocycles. The first-order valence-corrected chi connectivity index (χ1v) is 7.61. The van der Waals surface area contributed by atoms with Crippen molar-refractivity contribution >= 4 is 9.84 Å². The minimum atomic E-state index is -2.87. The molecule has 0 radical (unpaired) electrons. The SMILES string of the molecule is CS(=O)(=O)CCCC(O)C1CCNCC1. The molecule has 1 saturated heterocycles. The summed E-state index contributed by atoms with van der Waals surface area (Å²) in [4.78, 5) is 0. The van der Waals surface area contributed by atoms with Crippen LogP contribution in [0.15, 0.2) is 0 Å². The molecule has 0 aromatic rings. The molecule has 0 bridgehead atoms. The molecule has 1 aliphatic rings. The van der Waals surface area contributed by atoms with Crippen molar-refractivity contribution in [3.63, 3.8) is 0 Å². The van der Waals surface area contributed by atoms with E-state index in [4.69, 9.17) is 0 Å². The lowest BCUT2D eigenvalue weighted by Gasteiger charge is -2.27. The van der Waals surface area contributed by atoms with E-state index in [2.05, 4.69) is 5.32 Å². The van der Waals surface area contributed by atoms with Gasteiger partial charge in [-0.25, -0.2) is 8.42 Å². The molecule has 0 amide bonds. The third-order valence-electron chi connectivity index (χ3n) is 2.94. The van der Waals surface area contributed by atoms with Gasteiger partial charge >= 0.3 is 0 Å². The number of piperidine rings is 1. The zero-order valence-electron chi connectivity index (χ0n) is 9.28. The van der Waals surface area contributed by atoms with Gasteiger partial charge in [0.2, 0.25) is 0 Å². The maximum absolute atomic E-state index is 10.9. The Hall–Kier alpha value is -0.130. The Labute approximate surface area is 92.0 Å². The molecule has 5 heteroatoms. The Morgan fingerprint density at radius 2 is 2.00 bits per heavy atom. The molecule has 15 heavy (non-hydrogen) atoms. The van der Waals surface area contributed by atoms with Crippen LogP contribution in [0, 0.1) is 5.92 Å². The van der Waals surface area contributed by atoms with Crippen molar-refractivity contribution in [3.8, 4) is 0 Å². The van der Waals surface area contributed by atoms with E-state index >= 15 is 0 Å². The first-order valence-electron chi connectivity index (χ1n) is 5.55. The van der Waals surface area contributed by atoms with Crippen LogP contribution in [-0.4, -0.2) is 44.7 Å². The second-order valence-corrected chi connectivity index (χ2v) is 6.69. The van der Waals surface area contributed by atoms with Crippen LogP contribution in [0.2, 0.25) is 0 Å². The van der Waals surface area contributed by atoms with Crippen molar-refractivity contribution in [2.45, 2.75) is 31.8 Å². The molecular weight excluding hydrogens is 214 g/mol. The number of rotatable bonds is 5. The molecule has 0 aliphatic carbocycles. The predicted molar refractivity (Wildman–Crippen MR) is 60.5 cm³/mol. The van der Waals surface area contributed by atoms with Crippen molar-refractivity contribution in [3.05, 3.63) is 0 Å². The van der Waals surface area contributed by atoms with E-state index in [9.17, 15) is 13.5 Å². The molecule has 1 fully saturated rings. The molecular formula is C10H21NO3S. The number of hydrogen-bond acceptors (Lipinski definition) is 4. The molecule has 0 saturated carbocycles. The van der Waals surface area contributed by atoms with Gasteiger partial charge in [-0.15, -0.1) is 0 Å². The van der Waals surface area contributed by atoms with E-state index < -0.39 is 9.84 Å². The van der Waals surface area contributed by atoms with E-state index in [1.807, 2.05) is 0 Å². The lowest BCUT2D eigenvalue weighted by molar-refractivity contribution is 0.0806. The van der Waals surface area contributed by atoms with Crippen LogP contribution in [0.1, 0.15) is 25.7 Å². The van der Waals surface area contributed by atoms with Gasteiger partial charge in [0.25, 0.3) is 0 Å². The maximum Gasteiger partial charge on any atom is 0.147 e. The summed E-state index contributed by atoms with van der Waals surface area (Å²) >= 11 is 0. The number of sulfone groups is 1. The second kappa shape index (κ2) is 5.82. The predicted octanol–water partition coefficient (Wildman–Crippen LogP) is 0.172. The Morgan fingerprint density at radius 1 is 1.40 bits per heavy atom. The highest BCUT2D eigenvalue weighted by Crippen LogP contribution is 2.19. The maximum atomic E-state index is 10.9. The number of aliphatic hydroxyl groups is 1. The summed E-state index contributed by atoms with van der Waals surface area (Å²) in [6.07, 6.45) is 4.10. The third kappa shape index (κ3) is 5.49. The lowest BCUT2D eigenvalue weighted by Crippen LogP contribution is -2.34. The summed E-state index contributed by atoms with van der Waals surface area (Å²) in [5, 5.41) is 13.1. The summed E-state index contributed by atoms with van der Waals surface area (Å²) in [6, 6.07) is 0. The van der Waals surface area contributed by atoms with E-state index in [1.165, 1.54) is 6.26 Å². The fraction of sp³-hybridized carbons (Fsp3) is 1.00. The molecule has 1 unspecified atom stereocenters. The van der Waals surface area contributed by atoms with Gasteiger partial charge in [-0.2, -0.15) is 0 Å². The average molecular weight is 235 g/mol. The average Bonchev–Trinajstić information content (AvgIpc) is 2.17. The summed E-state index contributed by atoms with van der Waals surface area (Å²) in [7, 11) is -2.87. The fourth-order valence-corrected chi connectivity index (χ4v) is 2.71. The van der Waals surface area contributed by atoms with Crippen LogP contribution in [0.25, 0.3) is 0 Å². The van der Waals surface area contributed by atoms with Gasteiger partial charge in [-0.3, -0.25) is 0 Å². The number of hydrogen-bond donors (Lipinski definition) is 2. The Kier molecular flexibility index (Phi) is 5.02. The van der Waals surface area contributed by atoms with Crippen molar-refractivity contribution in [1.29, 1.82) is 0 Å². The van der Waals surface area contributed by atoms with Gasteiger partial charge in [-0.1, -0.05) is 0 Å². The molecule has 4 nitrogen and oxygen atoms in total. The number of nitrogens with one attached hydrogen (secondary N) is 1. The highest BCUT2D eigenvalue weighted by atomic mass is 32.2. The highest BCUT2D eigenvalue weighted by molar-refractivity contribution is 7.90. The Balaban J connectivity index is 2.20. The smallest absolute Gasteiger partial charge is 0.147 e. The van der Waals surface area contributed by atoms with Crippen LogP contribution in [0.5, 0.6) is 0 Å². The van der Waals surface area contributed by atoms with Crippen LogP contribution >= 0.6 is 0 Å². The largest absolute Gasteiger partial charge is 0.393 e. The highest BCUT2D eigenvalue weighted by Gasteiger charge is 2.21. The van der Waals surface area contributed by atoms with Crippen molar-refractivity contribution in [1.82, 2.24) is 5.32 Å². The lowest BCUT2D eigenvalue weighted by atomic mass is 9.90. The molecule has 90 valence electrons. The van der Waals surface area contributed by atoms with E-state index in [-0.39, 0.29) is 11.9 Å². The summed E-state index contributed by atoms with van der Waals surface area (Å²) in [5.41, 5.74) is 0. The minimum absolute atomic E-state index is 0.190. The summed E-state index contributed by atoms with van der Waals surface area (Å²) in [6.45, 7) is 1.93. The van der Waals surface area contributed by atoms with Gasteiger partial charge in [0, 0.05) is 12.0 Å². The third-order valence-corrected chi connectivity index (χ3v) is 3.97. The zero-order valence-corrected chi connectivity index (χ0v) is 10.1. The van der Waals surface area contributed by atoms with Crippen molar-refractivity contribution in [2.75, 3.05) is 25.1 Å². The van der Waals surface area contributed by atoms with Crippen LogP contribution in [0.3, 0.4) is 0 Å². The fourth-order valence-electron chi connectivity index (χ4n) is 2.02. The normalized spacial score (nSPS) is 21.5. The van der Waals surface area contributed by atoms with E-state index in [1.54, 1.807) is 0 Å². The molecule has 0 aromatic carbocycles. The first kappa shape index (κ1) is 12.9. The standard InChI is InChI=1S/C10H21NO3S/c1-15(13,14)8-2-3-10(12)9-4-6-11-7-5-9/h9-12H,2-8H2,1H3. The summed E-state index contributed by atoms with van der Waals surface area (Å²) < 4.78 is 21.8. The molecule has 1 rings (SSSR count). The summed E-state index contributed by atoms with van der Waals surface area (Å²) in [5.74, 6) is 0.542. The van der Waals surface area contributed by atoms with Crippen LogP contribution < -0.4 is 5.32 Å². The number of aliphatic hydroxyl groups excluding tert-OH is 1. The van der Waals surface area contributed by atoms with Crippen molar-refractivity contribution < 1.29 is 13.5 Å². The van der Waals surface area contributed by atoms with Gasteiger partial charge < -0.3 is 10.4 Å². The van der Waals surface area contributed by atoms with Gasteiger partial charge in [0.05, 0.1) is 6.10 Å². The topological polar surface area (TPSA) is 66.4 Å². The van der Waals surface area contributed by atoms with E-state index in [0.29, 0.717) is 18.8 Å². The zero-order chi connectivity index (χ0) is 11.3. The van der Waals surface area contributed by atoms with Gasteiger partial charge in [0.15, 0.2) is 0 Å².